The molecule has 1 amide bonds. The predicted octanol–water partition coefficient (Wildman–Crippen LogP) is 2.07. The molecule has 26 heavy (non-hydrogen) atoms. The summed E-state index contributed by atoms with van der Waals surface area (Å²) in [7, 11) is 0. The number of carboxylic acid groups (broad SMARTS) is 1. The van der Waals surface area contributed by atoms with E-state index in [0.717, 1.165) is 38.4 Å². The first kappa shape index (κ1) is 21.5. The van der Waals surface area contributed by atoms with Gasteiger partial charge in [0.15, 0.2) is 0 Å². The van der Waals surface area contributed by atoms with Gasteiger partial charge in [-0.05, 0) is 57.9 Å². The second-order valence-electron chi connectivity index (χ2n) is 8.07. The Kier molecular flexibility index (Phi) is 7.74. The van der Waals surface area contributed by atoms with Gasteiger partial charge in [-0.3, -0.25) is 19.4 Å². The molecule has 3 rings (SSSR count). The molecule has 0 aromatic heterocycles. The van der Waals surface area contributed by atoms with Crippen molar-refractivity contribution in [2.45, 2.75) is 70.5 Å². The maximum Gasteiger partial charge on any atom is 0.317 e. The van der Waals surface area contributed by atoms with Crippen LogP contribution in [0.2, 0.25) is 0 Å². The summed E-state index contributed by atoms with van der Waals surface area (Å²) in [6, 6.07) is 1.23. The van der Waals surface area contributed by atoms with Gasteiger partial charge >= 0.3 is 5.97 Å². The molecular weight excluding hydrogens is 354 g/mol. The van der Waals surface area contributed by atoms with Crippen molar-refractivity contribution in [3.63, 3.8) is 0 Å². The van der Waals surface area contributed by atoms with Gasteiger partial charge in [0.05, 0.1) is 13.1 Å². The third-order valence-corrected chi connectivity index (χ3v) is 6.15. The Morgan fingerprint density at radius 3 is 2.15 bits per heavy atom. The Morgan fingerprint density at radius 1 is 1.08 bits per heavy atom. The minimum Gasteiger partial charge on any atom is -0.480 e. The molecule has 3 aliphatic rings. The molecule has 150 valence electrons. The molecule has 1 aliphatic heterocycles. The number of carbonyl (C=O) groups excluding carboxylic acids is 1. The van der Waals surface area contributed by atoms with Gasteiger partial charge in [-0.25, -0.2) is 0 Å². The van der Waals surface area contributed by atoms with Crippen LogP contribution in [0.1, 0.15) is 52.4 Å². The van der Waals surface area contributed by atoms with E-state index in [9.17, 15) is 9.59 Å². The number of hydrogen-bond donors (Lipinski definition) is 1. The lowest BCUT2D eigenvalue weighted by Gasteiger charge is -2.38. The number of hydrogen-bond acceptors (Lipinski definition) is 4. The molecule has 1 N–H and O–H groups in total. The van der Waals surface area contributed by atoms with E-state index in [1.54, 1.807) is 0 Å². The van der Waals surface area contributed by atoms with Crippen LogP contribution in [0.4, 0.5) is 0 Å². The summed E-state index contributed by atoms with van der Waals surface area (Å²) in [6.45, 7) is 7.45. The first-order valence-electron chi connectivity index (χ1n) is 9.99. The number of amides is 1. The van der Waals surface area contributed by atoms with E-state index in [2.05, 4.69) is 16.7 Å². The molecule has 2 aliphatic carbocycles. The number of piperidine rings is 1. The SMILES string of the molecule is CCN(CC(=O)O)C1CCN(CC(=O)N(C2CC2)C(C)C2CC2)CC1.Cl. The van der Waals surface area contributed by atoms with Gasteiger partial charge in [-0.1, -0.05) is 6.92 Å². The molecule has 0 bridgehead atoms. The zero-order valence-electron chi connectivity index (χ0n) is 16.1. The summed E-state index contributed by atoms with van der Waals surface area (Å²) < 4.78 is 0. The summed E-state index contributed by atoms with van der Waals surface area (Å²) in [4.78, 5) is 30.4. The minimum absolute atomic E-state index is 0. The third-order valence-electron chi connectivity index (χ3n) is 6.15. The van der Waals surface area contributed by atoms with Gasteiger partial charge < -0.3 is 10.0 Å². The Bertz CT molecular complexity index is 488. The van der Waals surface area contributed by atoms with Crippen LogP contribution >= 0.6 is 12.4 Å². The van der Waals surface area contributed by atoms with Crippen molar-refractivity contribution in [1.82, 2.24) is 14.7 Å². The Balaban J connectivity index is 0.00000243. The highest BCUT2D eigenvalue weighted by Crippen LogP contribution is 2.39. The molecule has 7 heteroatoms. The summed E-state index contributed by atoms with van der Waals surface area (Å²) in [6.07, 6.45) is 6.81. The standard InChI is InChI=1S/C19H33N3O3.ClH/c1-3-21(13-19(24)25)16-8-10-20(11-9-16)12-18(23)22(17-6-7-17)14(2)15-4-5-15;/h14-17H,3-13H2,1-2H3,(H,24,25);1H. The number of rotatable bonds is 9. The monoisotopic (exact) mass is 387 g/mol. The fraction of sp³-hybridized carbons (Fsp3) is 0.895. The average molecular weight is 388 g/mol. The lowest BCUT2D eigenvalue weighted by molar-refractivity contribution is -0.139. The van der Waals surface area contributed by atoms with Crippen LogP contribution in [0.3, 0.4) is 0 Å². The molecule has 0 aromatic carbocycles. The van der Waals surface area contributed by atoms with E-state index in [4.69, 9.17) is 5.11 Å². The van der Waals surface area contributed by atoms with E-state index >= 15 is 0 Å². The van der Waals surface area contributed by atoms with E-state index in [1.807, 2.05) is 11.8 Å². The van der Waals surface area contributed by atoms with Crippen molar-refractivity contribution in [3.8, 4) is 0 Å². The normalized spacial score (nSPS) is 22.7. The molecule has 2 saturated carbocycles. The predicted molar refractivity (Wildman–Crippen MR) is 104 cm³/mol. The highest BCUT2D eigenvalue weighted by Gasteiger charge is 2.42. The van der Waals surface area contributed by atoms with Gasteiger partial charge in [-0.2, -0.15) is 0 Å². The maximum atomic E-state index is 12.9. The van der Waals surface area contributed by atoms with E-state index < -0.39 is 5.97 Å². The van der Waals surface area contributed by atoms with Gasteiger partial charge in [0.1, 0.15) is 0 Å². The van der Waals surface area contributed by atoms with Crippen LogP contribution in [0.5, 0.6) is 0 Å². The molecule has 3 fully saturated rings. The molecule has 6 nitrogen and oxygen atoms in total. The Hall–Kier alpha value is -0.850. The van der Waals surface area contributed by atoms with Crippen LogP contribution in [0.25, 0.3) is 0 Å². The van der Waals surface area contributed by atoms with E-state index in [-0.39, 0.29) is 19.0 Å². The molecule has 0 aromatic rings. The van der Waals surface area contributed by atoms with Crippen molar-refractivity contribution in [2.75, 3.05) is 32.7 Å². The number of carboxylic acids is 1. The second-order valence-corrected chi connectivity index (χ2v) is 8.07. The number of likely N-dealkylation sites (N-methyl/N-ethyl adjacent to an activating group) is 1. The van der Waals surface area contributed by atoms with Crippen LogP contribution in [0, 0.1) is 5.92 Å². The number of carbonyl (C=O) groups is 2. The largest absolute Gasteiger partial charge is 0.480 e. The lowest BCUT2D eigenvalue weighted by Crippen LogP contribution is -2.51. The van der Waals surface area contributed by atoms with Gasteiger partial charge in [0.2, 0.25) is 5.91 Å². The smallest absolute Gasteiger partial charge is 0.317 e. The molecule has 1 saturated heterocycles. The summed E-state index contributed by atoms with van der Waals surface area (Å²) >= 11 is 0. The van der Waals surface area contributed by atoms with Gasteiger partial charge in [0, 0.05) is 31.2 Å². The van der Waals surface area contributed by atoms with Crippen molar-refractivity contribution < 1.29 is 14.7 Å². The molecule has 0 radical (unpaired) electrons. The van der Waals surface area contributed by atoms with Crippen LogP contribution < -0.4 is 0 Å². The molecule has 1 atom stereocenters. The number of nitrogens with zero attached hydrogens (tertiary/aromatic N) is 3. The molecule has 0 spiro atoms. The first-order valence-corrected chi connectivity index (χ1v) is 9.99. The zero-order chi connectivity index (χ0) is 18.0. The van der Waals surface area contributed by atoms with Gasteiger partial charge in [-0.15, -0.1) is 12.4 Å². The van der Waals surface area contributed by atoms with Crippen molar-refractivity contribution in [1.29, 1.82) is 0 Å². The lowest BCUT2D eigenvalue weighted by atomic mass is 10.0. The van der Waals surface area contributed by atoms with E-state index in [0.29, 0.717) is 30.6 Å². The fourth-order valence-corrected chi connectivity index (χ4v) is 4.31. The third kappa shape index (κ3) is 5.57. The summed E-state index contributed by atoms with van der Waals surface area (Å²) in [5.41, 5.74) is 0. The van der Waals surface area contributed by atoms with E-state index in [1.165, 1.54) is 25.7 Å². The minimum atomic E-state index is -0.756. The second kappa shape index (κ2) is 9.38. The van der Waals surface area contributed by atoms with Crippen molar-refractivity contribution in [2.24, 2.45) is 5.92 Å². The van der Waals surface area contributed by atoms with Crippen molar-refractivity contribution >= 4 is 24.3 Å². The quantitative estimate of drug-likeness (QED) is 0.656. The fourth-order valence-electron chi connectivity index (χ4n) is 4.31. The Labute approximate surface area is 163 Å². The Morgan fingerprint density at radius 2 is 1.69 bits per heavy atom. The molecular formula is C19H34ClN3O3. The topological polar surface area (TPSA) is 64.1 Å². The summed E-state index contributed by atoms with van der Waals surface area (Å²) in [5.74, 6) is 0.274. The highest BCUT2D eigenvalue weighted by molar-refractivity contribution is 5.85. The average Bonchev–Trinajstić information content (AvgIpc) is 3.46. The van der Waals surface area contributed by atoms with Crippen LogP contribution in [0.15, 0.2) is 0 Å². The number of halogens is 1. The zero-order valence-corrected chi connectivity index (χ0v) is 16.9. The van der Waals surface area contributed by atoms with Crippen LogP contribution in [-0.2, 0) is 9.59 Å². The van der Waals surface area contributed by atoms with Crippen molar-refractivity contribution in [3.05, 3.63) is 0 Å². The number of aliphatic carboxylic acids is 1. The van der Waals surface area contributed by atoms with Gasteiger partial charge in [0.25, 0.3) is 0 Å². The first-order chi connectivity index (χ1) is 12.0. The molecule has 1 unspecified atom stereocenters. The highest BCUT2D eigenvalue weighted by atomic mass is 35.5. The number of likely N-dealkylation sites (tertiary alicyclic amines) is 1. The maximum absolute atomic E-state index is 12.9. The molecule has 1 heterocycles. The summed E-state index contributed by atoms with van der Waals surface area (Å²) in [5, 5.41) is 9.04. The van der Waals surface area contributed by atoms with Crippen LogP contribution in [-0.4, -0.2) is 82.5 Å².